The van der Waals surface area contributed by atoms with E-state index < -0.39 is 0 Å². The molecule has 15 heavy (non-hydrogen) atoms. The van der Waals surface area contributed by atoms with E-state index in [1.54, 1.807) is 17.1 Å². The zero-order valence-electron chi connectivity index (χ0n) is 7.69. The maximum atomic E-state index is 5.91. The predicted molar refractivity (Wildman–Crippen MR) is 62.0 cm³/mol. The van der Waals surface area contributed by atoms with E-state index in [2.05, 4.69) is 26.0 Å². The van der Waals surface area contributed by atoms with Gasteiger partial charge >= 0.3 is 0 Å². The second kappa shape index (κ2) is 4.30. The average molecular weight is 288 g/mol. The lowest BCUT2D eigenvalue weighted by molar-refractivity contribution is 0.841. The van der Waals surface area contributed by atoms with Crippen molar-refractivity contribution in [2.24, 2.45) is 5.73 Å². The highest BCUT2D eigenvalue weighted by molar-refractivity contribution is 9.10. The summed E-state index contributed by atoms with van der Waals surface area (Å²) in [6, 6.07) is 1.82. The number of aromatic nitrogens is 3. The van der Waals surface area contributed by atoms with Crippen LogP contribution in [0.1, 0.15) is 5.56 Å². The van der Waals surface area contributed by atoms with E-state index in [1.165, 1.54) is 0 Å². The van der Waals surface area contributed by atoms with E-state index >= 15 is 0 Å². The fraction of sp³-hybridized carbons (Fsp3) is 0.111. The van der Waals surface area contributed by atoms with Crippen LogP contribution in [0.2, 0.25) is 5.02 Å². The molecule has 4 nitrogen and oxygen atoms in total. The van der Waals surface area contributed by atoms with Crippen molar-refractivity contribution in [3.05, 3.63) is 39.7 Å². The quantitative estimate of drug-likeness (QED) is 0.920. The second-order valence-corrected chi connectivity index (χ2v) is 4.26. The van der Waals surface area contributed by atoms with Crippen molar-refractivity contribution in [3.8, 4) is 5.82 Å². The Kier molecular flexibility index (Phi) is 3.04. The maximum absolute atomic E-state index is 5.91. The van der Waals surface area contributed by atoms with Gasteiger partial charge in [0.25, 0.3) is 0 Å². The molecule has 6 heteroatoms. The van der Waals surface area contributed by atoms with Gasteiger partial charge in [0.1, 0.15) is 0 Å². The van der Waals surface area contributed by atoms with E-state index in [0.29, 0.717) is 17.4 Å². The van der Waals surface area contributed by atoms with Gasteiger partial charge in [-0.1, -0.05) is 11.6 Å². The van der Waals surface area contributed by atoms with E-state index in [4.69, 9.17) is 17.3 Å². The minimum Gasteiger partial charge on any atom is -0.326 e. The van der Waals surface area contributed by atoms with Crippen LogP contribution in [-0.2, 0) is 6.54 Å². The standard InChI is InChI=1S/C9H8BrClN4/c10-7-3-14-15(5-7)9-1-6(2-12)8(11)4-13-9/h1,3-5H,2,12H2. The van der Waals surface area contributed by atoms with Crippen molar-refractivity contribution in [2.45, 2.75) is 6.54 Å². The molecule has 0 bridgehead atoms. The summed E-state index contributed by atoms with van der Waals surface area (Å²) in [5.74, 6) is 0.700. The highest BCUT2D eigenvalue weighted by atomic mass is 79.9. The molecule has 78 valence electrons. The molecule has 0 atom stereocenters. The molecular weight excluding hydrogens is 279 g/mol. The Bertz CT molecular complexity index is 483. The van der Waals surface area contributed by atoms with E-state index in [1.807, 2.05) is 12.3 Å². The summed E-state index contributed by atoms with van der Waals surface area (Å²) < 4.78 is 2.55. The normalized spacial score (nSPS) is 10.6. The molecule has 2 heterocycles. The molecule has 0 aliphatic carbocycles. The Labute approximate surface area is 100 Å². The van der Waals surface area contributed by atoms with Crippen LogP contribution in [-0.4, -0.2) is 14.8 Å². The summed E-state index contributed by atoms with van der Waals surface area (Å²) >= 11 is 9.23. The van der Waals surface area contributed by atoms with Crippen LogP contribution in [0.5, 0.6) is 0 Å². The highest BCUT2D eigenvalue weighted by Crippen LogP contribution is 2.17. The third kappa shape index (κ3) is 2.19. The number of nitrogens with zero attached hydrogens (tertiary/aromatic N) is 3. The minimum atomic E-state index is 0.386. The first kappa shape index (κ1) is 10.6. The number of rotatable bonds is 2. The molecule has 0 amide bonds. The topological polar surface area (TPSA) is 56.7 Å². The first-order valence-electron chi connectivity index (χ1n) is 4.25. The molecule has 2 rings (SSSR count). The van der Waals surface area contributed by atoms with Gasteiger partial charge in [0.15, 0.2) is 5.82 Å². The van der Waals surface area contributed by atoms with E-state index in [9.17, 15) is 0 Å². The van der Waals surface area contributed by atoms with Crippen molar-refractivity contribution in [1.82, 2.24) is 14.8 Å². The zero-order chi connectivity index (χ0) is 10.8. The Morgan fingerprint density at radius 3 is 2.87 bits per heavy atom. The number of nitrogens with two attached hydrogens (primary N) is 1. The lowest BCUT2D eigenvalue weighted by Crippen LogP contribution is -2.03. The summed E-state index contributed by atoms with van der Waals surface area (Å²) in [7, 11) is 0. The molecule has 0 saturated carbocycles. The highest BCUT2D eigenvalue weighted by Gasteiger charge is 2.04. The first-order chi connectivity index (χ1) is 7.20. The summed E-state index contributed by atoms with van der Waals surface area (Å²) in [4.78, 5) is 4.16. The monoisotopic (exact) mass is 286 g/mol. The molecule has 2 N–H and O–H groups in total. The summed E-state index contributed by atoms with van der Waals surface area (Å²) in [6.07, 6.45) is 5.09. The molecular formula is C9H8BrClN4. The van der Waals surface area contributed by atoms with Crippen LogP contribution in [0.25, 0.3) is 5.82 Å². The van der Waals surface area contributed by atoms with Gasteiger partial charge in [-0.25, -0.2) is 9.67 Å². The number of hydrogen-bond donors (Lipinski definition) is 1. The summed E-state index contributed by atoms with van der Waals surface area (Å²) in [6.45, 7) is 0.386. The molecule has 0 fully saturated rings. The fourth-order valence-corrected chi connectivity index (χ4v) is 1.64. The van der Waals surface area contributed by atoms with E-state index in [-0.39, 0.29) is 0 Å². The second-order valence-electron chi connectivity index (χ2n) is 2.94. The van der Waals surface area contributed by atoms with Crippen LogP contribution in [0.3, 0.4) is 0 Å². The SMILES string of the molecule is NCc1cc(-n2cc(Br)cn2)ncc1Cl. The van der Waals surface area contributed by atoms with Gasteiger partial charge in [-0.05, 0) is 27.6 Å². The van der Waals surface area contributed by atoms with Crippen molar-refractivity contribution >= 4 is 27.5 Å². The Morgan fingerprint density at radius 2 is 2.27 bits per heavy atom. The number of halogens is 2. The summed E-state index contributed by atoms with van der Waals surface area (Å²) in [5, 5.41) is 4.69. The average Bonchev–Trinajstić information content (AvgIpc) is 2.66. The predicted octanol–water partition coefficient (Wildman–Crippen LogP) is 2.14. The lowest BCUT2D eigenvalue weighted by Gasteiger charge is -2.04. The third-order valence-electron chi connectivity index (χ3n) is 1.93. The van der Waals surface area contributed by atoms with Crippen molar-refractivity contribution in [3.63, 3.8) is 0 Å². The molecule has 0 aliphatic rings. The fourth-order valence-electron chi connectivity index (χ4n) is 1.18. The Balaban J connectivity index is 2.45. The molecule has 0 aliphatic heterocycles. The summed E-state index contributed by atoms with van der Waals surface area (Å²) in [5.41, 5.74) is 6.41. The van der Waals surface area contributed by atoms with Gasteiger partial charge in [0.2, 0.25) is 0 Å². The van der Waals surface area contributed by atoms with Crippen LogP contribution >= 0.6 is 27.5 Å². The van der Waals surface area contributed by atoms with Crippen LogP contribution < -0.4 is 5.73 Å². The molecule has 0 unspecified atom stereocenters. The van der Waals surface area contributed by atoms with Gasteiger partial charge in [0, 0.05) is 18.9 Å². The van der Waals surface area contributed by atoms with Gasteiger partial charge < -0.3 is 5.73 Å². The Morgan fingerprint density at radius 1 is 1.47 bits per heavy atom. The third-order valence-corrected chi connectivity index (χ3v) is 2.68. The molecule has 0 aromatic carbocycles. The largest absolute Gasteiger partial charge is 0.326 e. The molecule has 0 spiro atoms. The molecule has 0 saturated heterocycles. The Hall–Kier alpha value is -0.910. The minimum absolute atomic E-state index is 0.386. The lowest BCUT2D eigenvalue weighted by atomic mass is 10.2. The van der Waals surface area contributed by atoms with Gasteiger partial charge in [-0.3, -0.25) is 0 Å². The molecule has 2 aromatic heterocycles. The number of pyridine rings is 1. The molecule has 2 aromatic rings. The van der Waals surface area contributed by atoms with Crippen LogP contribution in [0.4, 0.5) is 0 Å². The van der Waals surface area contributed by atoms with Gasteiger partial charge in [-0.2, -0.15) is 5.10 Å². The van der Waals surface area contributed by atoms with Crippen molar-refractivity contribution in [1.29, 1.82) is 0 Å². The van der Waals surface area contributed by atoms with Gasteiger partial charge in [-0.15, -0.1) is 0 Å². The smallest absolute Gasteiger partial charge is 0.153 e. The van der Waals surface area contributed by atoms with E-state index in [0.717, 1.165) is 10.0 Å². The molecule has 0 radical (unpaired) electrons. The van der Waals surface area contributed by atoms with Crippen LogP contribution in [0.15, 0.2) is 29.1 Å². The number of hydrogen-bond acceptors (Lipinski definition) is 3. The van der Waals surface area contributed by atoms with Gasteiger partial charge in [0.05, 0.1) is 15.7 Å². The van der Waals surface area contributed by atoms with Crippen molar-refractivity contribution in [2.75, 3.05) is 0 Å². The first-order valence-corrected chi connectivity index (χ1v) is 5.43. The van der Waals surface area contributed by atoms with Crippen molar-refractivity contribution < 1.29 is 0 Å². The zero-order valence-corrected chi connectivity index (χ0v) is 10.0. The maximum Gasteiger partial charge on any atom is 0.153 e. The van der Waals surface area contributed by atoms with Crippen LogP contribution in [0, 0.1) is 0 Å².